The van der Waals surface area contributed by atoms with Gasteiger partial charge in [-0.1, -0.05) is 6.07 Å². The van der Waals surface area contributed by atoms with E-state index in [1.165, 1.54) is 6.07 Å². The van der Waals surface area contributed by atoms with E-state index in [-0.39, 0.29) is 5.82 Å². The summed E-state index contributed by atoms with van der Waals surface area (Å²) >= 11 is 3.32. The van der Waals surface area contributed by atoms with E-state index < -0.39 is 0 Å². The predicted octanol–water partition coefficient (Wildman–Crippen LogP) is 2.49. The van der Waals surface area contributed by atoms with Gasteiger partial charge in [0.15, 0.2) is 5.82 Å². The molecule has 0 radical (unpaired) electrons. The molecule has 0 saturated heterocycles. The first-order valence-electron chi connectivity index (χ1n) is 5.05. The van der Waals surface area contributed by atoms with Gasteiger partial charge in [0, 0.05) is 18.1 Å². The smallest absolute Gasteiger partial charge is 0.167 e. The van der Waals surface area contributed by atoms with Crippen LogP contribution in [0.4, 0.5) is 4.39 Å². The lowest BCUT2D eigenvalue weighted by molar-refractivity contribution is 0.187. The number of ether oxygens (including phenoxy) is 1. The second kappa shape index (κ2) is 5.37. The lowest BCUT2D eigenvalue weighted by Crippen LogP contribution is -2.06. The van der Waals surface area contributed by atoms with Crippen molar-refractivity contribution in [3.63, 3.8) is 0 Å². The highest BCUT2D eigenvalue weighted by atomic mass is 79.9. The van der Waals surface area contributed by atoms with Gasteiger partial charge in [-0.3, -0.25) is 0 Å². The second-order valence-electron chi connectivity index (χ2n) is 3.44. The molecule has 2 rings (SSSR count). The van der Waals surface area contributed by atoms with E-state index in [0.29, 0.717) is 29.0 Å². The van der Waals surface area contributed by atoms with Gasteiger partial charge in [-0.25, -0.2) is 4.39 Å². The fourth-order valence-electron chi connectivity index (χ4n) is 1.51. The van der Waals surface area contributed by atoms with Crippen LogP contribution in [0.2, 0.25) is 0 Å². The highest BCUT2D eigenvalue weighted by molar-refractivity contribution is 9.10. The molecule has 17 heavy (non-hydrogen) atoms. The summed E-state index contributed by atoms with van der Waals surface area (Å²) in [5.41, 5.74) is 0.418. The summed E-state index contributed by atoms with van der Waals surface area (Å²) in [6.07, 6.45) is 1.56. The van der Waals surface area contributed by atoms with E-state index in [4.69, 9.17) is 4.74 Å². The normalized spacial score (nSPS) is 10.8. The first-order chi connectivity index (χ1) is 8.24. The van der Waals surface area contributed by atoms with Gasteiger partial charge < -0.3 is 9.30 Å². The monoisotopic (exact) mass is 299 g/mol. The fourth-order valence-corrected chi connectivity index (χ4v) is 2.03. The molecule has 2 aromatic rings. The van der Waals surface area contributed by atoms with Crippen LogP contribution in [0.15, 0.2) is 29.0 Å². The molecule has 0 fully saturated rings. The fraction of sp³-hybridized carbons (Fsp3) is 0.273. The van der Waals surface area contributed by atoms with Crippen LogP contribution < -0.4 is 0 Å². The summed E-state index contributed by atoms with van der Waals surface area (Å²) in [4.78, 5) is 0. The number of rotatable bonds is 4. The Labute approximate surface area is 107 Å². The maximum atomic E-state index is 13.8. The Bertz CT molecular complexity index is 495. The van der Waals surface area contributed by atoms with Gasteiger partial charge in [0.1, 0.15) is 12.1 Å². The predicted molar refractivity (Wildman–Crippen MR) is 65.0 cm³/mol. The molecule has 4 nitrogen and oxygen atoms in total. The Hall–Kier alpha value is -1.27. The van der Waals surface area contributed by atoms with Gasteiger partial charge in [0.25, 0.3) is 0 Å². The van der Waals surface area contributed by atoms with Crippen molar-refractivity contribution < 1.29 is 9.13 Å². The van der Waals surface area contributed by atoms with Crippen LogP contribution >= 0.6 is 15.9 Å². The number of methoxy groups -OCH3 is 1. The minimum Gasteiger partial charge on any atom is -0.383 e. The Balaban J connectivity index is 2.43. The third kappa shape index (κ3) is 2.53. The van der Waals surface area contributed by atoms with Crippen molar-refractivity contribution in [3.8, 4) is 11.4 Å². The van der Waals surface area contributed by atoms with E-state index in [2.05, 4.69) is 26.1 Å². The van der Waals surface area contributed by atoms with Crippen molar-refractivity contribution >= 4 is 15.9 Å². The summed E-state index contributed by atoms with van der Waals surface area (Å²) in [6, 6.07) is 4.81. The van der Waals surface area contributed by atoms with Crippen molar-refractivity contribution in [1.82, 2.24) is 14.8 Å². The first kappa shape index (κ1) is 12.2. The van der Waals surface area contributed by atoms with E-state index >= 15 is 0 Å². The molecule has 0 aliphatic heterocycles. The minimum atomic E-state index is -0.328. The van der Waals surface area contributed by atoms with Crippen LogP contribution in [0.1, 0.15) is 0 Å². The van der Waals surface area contributed by atoms with Gasteiger partial charge in [-0.2, -0.15) is 0 Å². The van der Waals surface area contributed by atoms with Crippen molar-refractivity contribution in [2.24, 2.45) is 0 Å². The molecule has 0 aliphatic rings. The van der Waals surface area contributed by atoms with Crippen LogP contribution in [0.3, 0.4) is 0 Å². The van der Waals surface area contributed by atoms with Gasteiger partial charge in [-0.15, -0.1) is 10.2 Å². The Kier molecular flexibility index (Phi) is 3.86. The number of hydrogen-bond acceptors (Lipinski definition) is 3. The Morgan fingerprint density at radius 1 is 1.47 bits per heavy atom. The maximum absolute atomic E-state index is 13.8. The molecule has 1 aromatic carbocycles. The van der Waals surface area contributed by atoms with Crippen LogP contribution in [-0.4, -0.2) is 28.5 Å². The summed E-state index contributed by atoms with van der Waals surface area (Å²) in [5, 5.41) is 7.75. The molecule has 0 atom stereocenters. The average Bonchev–Trinajstić information content (AvgIpc) is 2.74. The first-order valence-corrected chi connectivity index (χ1v) is 5.84. The molecule has 0 N–H and O–H groups in total. The summed E-state index contributed by atoms with van der Waals surface area (Å²) in [7, 11) is 1.61. The SMILES string of the molecule is COCCn1cnnc1-c1c(F)cccc1Br. The molecule has 90 valence electrons. The van der Waals surface area contributed by atoms with Crippen LogP contribution in [0.5, 0.6) is 0 Å². The molecule has 0 saturated carbocycles. The zero-order chi connectivity index (χ0) is 12.3. The summed E-state index contributed by atoms with van der Waals surface area (Å²) < 4.78 is 21.2. The van der Waals surface area contributed by atoms with Gasteiger partial charge in [0.05, 0.1) is 12.2 Å². The summed E-state index contributed by atoms with van der Waals surface area (Å²) in [5.74, 6) is 0.165. The van der Waals surface area contributed by atoms with Crippen LogP contribution in [0, 0.1) is 5.82 Å². The average molecular weight is 300 g/mol. The molecule has 0 spiro atoms. The number of nitrogens with zero attached hydrogens (tertiary/aromatic N) is 3. The zero-order valence-corrected chi connectivity index (χ0v) is 10.8. The highest BCUT2D eigenvalue weighted by Crippen LogP contribution is 2.29. The summed E-state index contributed by atoms with van der Waals surface area (Å²) in [6.45, 7) is 1.11. The molecule has 6 heteroatoms. The molecule has 0 amide bonds. The van der Waals surface area contributed by atoms with Crippen LogP contribution in [0.25, 0.3) is 11.4 Å². The van der Waals surface area contributed by atoms with Crippen molar-refractivity contribution in [2.75, 3.05) is 13.7 Å². The van der Waals surface area contributed by atoms with Crippen molar-refractivity contribution in [1.29, 1.82) is 0 Å². The van der Waals surface area contributed by atoms with Gasteiger partial charge >= 0.3 is 0 Å². The lowest BCUT2D eigenvalue weighted by atomic mass is 10.2. The number of aromatic nitrogens is 3. The zero-order valence-electron chi connectivity index (χ0n) is 9.23. The quantitative estimate of drug-likeness (QED) is 0.871. The maximum Gasteiger partial charge on any atom is 0.167 e. The third-order valence-corrected chi connectivity index (χ3v) is 3.00. The number of hydrogen-bond donors (Lipinski definition) is 0. The molecular weight excluding hydrogens is 289 g/mol. The molecule has 1 aromatic heterocycles. The Morgan fingerprint density at radius 3 is 3.00 bits per heavy atom. The van der Waals surface area contributed by atoms with E-state index in [1.54, 1.807) is 30.1 Å². The van der Waals surface area contributed by atoms with Crippen molar-refractivity contribution in [2.45, 2.75) is 6.54 Å². The van der Waals surface area contributed by atoms with Gasteiger partial charge in [0.2, 0.25) is 0 Å². The third-order valence-electron chi connectivity index (χ3n) is 2.34. The molecule has 0 unspecified atom stereocenters. The van der Waals surface area contributed by atoms with E-state index in [0.717, 1.165) is 0 Å². The largest absolute Gasteiger partial charge is 0.383 e. The Morgan fingerprint density at radius 2 is 2.29 bits per heavy atom. The van der Waals surface area contributed by atoms with Crippen LogP contribution in [-0.2, 0) is 11.3 Å². The van der Waals surface area contributed by atoms with E-state index in [9.17, 15) is 4.39 Å². The number of halogens is 2. The minimum absolute atomic E-state index is 0.328. The standard InChI is InChI=1S/C11H11BrFN3O/c1-17-6-5-16-7-14-15-11(16)10-8(12)3-2-4-9(10)13/h2-4,7H,5-6H2,1H3. The van der Waals surface area contributed by atoms with Crippen molar-refractivity contribution in [3.05, 3.63) is 34.8 Å². The van der Waals surface area contributed by atoms with Gasteiger partial charge in [-0.05, 0) is 28.1 Å². The molecule has 0 bridgehead atoms. The molecule has 1 heterocycles. The van der Waals surface area contributed by atoms with E-state index in [1.807, 2.05) is 0 Å². The molecular formula is C11H11BrFN3O. The number of benzene rings is 1. The lowest BCUT2D eigenvalue weighted by Gasteiger charge is -2.08. The highest BCUT2D eigenvalue weighted by Gasteiger charge is 2.15. The second-order valence-corrected chi connectivity index (χ2v) is 4.29. The molecule has 0 aliphatic carbocycles. The topological polar surface area (TPSA) is 39.9 Å².